The van der Waals surface area contributed by atoms with Gasteiger partial charge in [0.1, 0.15) is 11.2 Å². The summed E-state index contributed by atoms with van der Waals surface area (Å²) < 4.78 is 8.99. The second-order valence-electron chi connectivity index (χ2n) is 16.2. The van der Waals surface area contributed by atoms with E-state index in [1.54, 1.807) is 0 Å². The van der Waals surface area contributed by atoms with Gasteiger partial charge < -0.3 is 13.9 Å². The number of rotatable bonds is 6. The van der Waals surface area contributed by atoms with Crippen molar-refractivity contribution in [1.29, 1.82) is 0 Å². The summed E-state index contributed by atoms with van der Waals surface area (Å²) in [6.45, 7) is 0. The number of nitrogens with zero attached hydrogens (tertiary/aromatic N) is 2. The average Bonchev–Trinajstić information content (AvgIpc) is 3.97. The molecule has 5 aromatic carbocycles. The third-order valence-corrected chi connectivity index (χ3v) is 14.2. The van der Waals surface area contributed by atoms with Crippen molar-refractivity contribution in [2.24, 2.45) is 5.92 Å². The lowest BCUT2D eigenvalue weighted by molar-refractivity contribution is 0.669. The number of fused-ring (bicyclic) bond motifs is 9. The van der Waals surface area contributed by atoms with Crippen molar-refractivity contribution in [3.8, 4) is 5.69 Å². The molecule has 0 saturated carbocycles. The number of anilines is 2. The molecule has 0 spiro atoms. The topological polar surface area (TPSA) is 21.3 Å². The Balaban J connectivity index is 0.919. The lowest BCUT2D eigenvalue weighted by atomic mass is 9.79. The molecular weight excluding hydrogens is 725 g/mol. The number of para-hydroxylation sites is 2. The number of aromatic nitrogens is 1. The van der Waals surface area contributed by atoms with E-state index >= 15 is 0 Å². The quantitative estimate of drug-likeness (QED) is 0.168. The van der Waals surface area contributed by atoms with Crippen LogP contribution in [0.2, 0.25) is 0 Å². The Labute approximate surface area is 343 Å². The van der Waals surface area contributed by atoms with Crippen molar-refractivity contribution >= 4 is 57.2 Å². The summed E-state index contributed by atoms with van der Waals surface area (Å²) in [5.74, 6) is 1.01. The third kappa shape index (κ3) is 5.42. The highest BCUT2D eigenvalue weighted by Gasteiger charge is 2.35. The Morgan fingerprint density at radius 2 is 1.59 bits per heavy atom. The molecule has 7 aromatic rings. The summed E-state index contributed by atoms with van der Waals surface area (Å²) in [6, 6.07) is 44.2. The summed E-state index contributed by atoms with van der Waals surface area (Å²) in [6.07, 6.45) is 26.8. The molecule has 0 fully saturated rings. The summed E-state index contributed by atoms with van der Waals surface area (Å²) in [5.41, 5.74) is 16.7. The molecule has 3 heterocycles. The number of allylic oxidation sites excluding steroid dienone is 9. The Hall–Kier alpha value is -6.23. The van der Waals surface area contributed by atoms with Crippen LogP contribution < -0.4 is 4.90 Å². The predicted molar refractivity (Wildman–Crippen MR) is 242 cm³/mol. The van der Waals surface area contributed by atoms with E-state index in [9.17, 15) is 0 Å². The first-order valence-corrected chi connectivity index (χ1v) is 21.6. The van der Waals surface area contributed by atoms with Gasteiger partial charge in [-0.05, 0) is 120 Å². The molecule has 0 radical (unpaired) electrons. The van der Waals surface area contributed by atoms with Gasteiger partial charge in [-0.15, -0.1) is 0 Å². The smallest absolute Gasteiger partial charge is 0.137 e. The van der Waals surface area contributed by atoms with Gasteiger partial charge in [-0.2, -0.15) is 0 Å². The van der Waals surface area contributed by atoms with E-state index < -0.39 is 0 Å². The first-order valence-electron chi connectivity index (χ1n) is 20.8. The first kappa shape index (κ1) is 33.9. The van der Waals surface area contributed by atoms with E-state index in [1.165, 1.54) is 60.4 Å². The minimum atomic E-state index is 0.295. The zero-order chi connectivity index (χ0) is 38.2. The van der Waals surface area contributed by atoms with Crippen LogP contribution in [0.3, 0.4) is 0 Å². The molecule has 280 valence electrons. The molecule has 1 aliphatic heterocycles. The molecular formula is C54H42N2OS. The fraction of sp³-hybridized carbons (Fsp3) is 0.148. The molecule has 4 aliphatic carbocycles. The van der Waals surface area contributed by atoms with Crippen LogP contribution in [0, 0.1) is 5.92 Å². The standard InChI is InChI=1S/C54H42N2OS/c1-2-12-38(13-3-1)56-46-18-7-4-14-42(46)43-33-28-37(34-48(43)56)35-24-29-39(30-25-35)55(47-19-11-21-50-54(47)44-15-5-8-20-49(44)57-50)40-31-26-36(27-32-40)41-17-10-23-52-53(41)45-16-6-9-22-51(45)58-52/h1-6,8-17,19-24,26-27,29-32,34-35,41,53H,7,18,25,28,33H2. The Morgan fingerprint density at radius 1 is 0.741 bits per heavy atom. The summed E-state index contributed by atoms with van der Waals surface area (Å²) in [7, 11) is 0. The highest BCUT2D eigenvalue weighted by Crippen LogP contribution is 2.56. The molecule has 12 rings (SSSR count). The van der Waals surface area contributed by atoms with Crippen molar-refractivity contribution in [2.45, 2.75) is 48.8 Å². The minimum Gasteiger partial charge on any atom is -0.456 e. The summed E-state index contributed by atoms with van der Waals surface area (Å²) in [4.78, 5) is 5.28. The van der Waals surface area contributed by atoms with Crippen molar-refractivity contribution in [3.63, 3.8) is 0 Å². The maximum absolute atomic E-state index is 6.44. The van der Waals surface area contributed by atoms with Gasteiger partial charge in [-0.3, -0.25) is 0 Å². The van der Waals surface area contributed by atoms with Gasteiger partial charge >= 0.3 is 0 Å². The minimum absolute atomic E-state index is 0.295. The van der Waals surface area contributed by atoms with Gasteiger partial charge in [0.2, 0.25) is 0 Å². The normalized spacial score (nSPS) is 20.3. The molecule has 0 saturated heterocycles. The van der Waals surface area contributed by atoms with Crippen LogP contribution in [-0.4, -0.2) is 4.57 Å². The molecule has 0 N–H and O–H groups in total. The van der Waals surface area contributed by atoms with Crippen LogP contribution in [0.4, 0.5) is 11.4 Å². The predicted octanol–water partition coefficient (Wildman–Crippen LogP) is 14.4. The second kappa shape index (κ2) is 13.7. The van der Waals surface area contributed by atoms with Gasteiger partial charge in [-0.25, -0.2) is 0 Å². The lowest BCUT2D eigenvalue weighted by Crippen LogP contribution is -2.19. The number of furan rings is 1. The van der Waals surface area contributed by atoms with Gasteiger partial charge in [-0.1, -0.05) is 133 Å². The number of benzene rings is 5. The first-order chi connectivity index (χ1) is 28.8. The van der Waals surface area contributed by atoms with Crippen LogP contribution in [0.15, 0.2) is 189 Å². The van der Waals surface area contributed by atoms with Crippen molar-refractivity contribution in [3.05, 3.63) is 214 Å². The number of hydrogen-bond acceptors (Lipinski definition) is 3. The Bertz CT molecular complexity index is 2970. The van der Waals surface area contributed by atoms with E-state index in [1.807, 2.05) is 11.8 Å². The van der Waals surface area contributed by atoms with Gasteiger partial charge in [0.05, 0.1) is 11.1 Å². The van der Waals surface area contributed by atoms with Crippen LogP contribution in [0.25, 0.3) is 39.8 Å². The molecule has 0 bridgehead atoms. The van der Waals surface area contributed by atoms with Gasteiger partial charge in [0.15, 0.2) is 0 Å². The third-order valence-electron chi connectivity index (χ3n) is 13.0. The molecule has 3 atom stereocenters. The molecule has 4 heteroatoms. The van der Waals surface area contributed by atoms with Crippen LogP contribution in [0.1, 0.15) is 64.7 Å². The number of thioether (sulfide) groups is 1. The SMILES string of the molecule is C1=CC(c2ccc(N(C3=CCC(C4=Cc5c(c6c(n5-c5ccccc5)CCC=C6)CC4)C=C3)c3cccc4oc5ccccc5c34)cc2)C2C(=C1)Sc1ccccc12. The highest BCUT2D eigenvalue weighted by molar-refractivity contribution is 8.03. The molecule has 3 nitrogen and oxygen atoms in total. The Kier molecular flexibility index (Phi) is 8.01. The molecule has 0 amide bonds. The van der Waals surface area contributed by atoms with Crippen molar-refractivity contribution < 1.29 is 4.42 Å². The van der Waals surface area contributed by atoms with Gasteiger partial charge in [0.25, 0.3) is 0 Å². The summed E-state index contributed by atoms with van der Waals surface area (Å²) >= 11 is 1.93. The zero-order valence-corrected chi connectivity index (χ0v) is 33.0. The van der Waals surface area contributed by atoms with Crippen molar-refractivity contribution in [2.75, 3.05) is 4.90 Å². The van der Waals surface area contributed by atoms with Crippen molar-refractivity contribution in [1.82, 2.24) is 4.57 Å². The Morgan fingerprint density at radius 3 is 2.48 bits per heavy atom. The van der Waals surface area contributed by atoms with E-state index in [0.29, 0.717) is 17.8 Å². The second-order valence-corrected chi connectivity index (χ2v) is 17.3. The van der Waals surface area contributed by atoms with Crippen LogP contribution in [-0.2, 0) is 12.8 Å². The van der Waals surface area contributed by atoms with E-state index in [4.69, 9.17) is 4.42 Å². The highest BCUT2D eigenvalue weighted by atomic mass is 32.2. The monoisotopic (exact) mass is 766 g/mol. The maximum atomic E-state index is 6.44. The number of hydrogen-bond donors (Lipinski definition) is 0. The maximum Gasteiger partial charge on any atom is 0.137 e. The van der Waals surface area contributed by atoms with E-state index in [-0.39, 0.29) is 0 Å². The molecule has 3 unspecified atom stereocenters. The molecule has 58 heavy (non-hydrogen) atoms. The zero-order valence-electron chi connectivity index (χ0n) is 32.2. The van der Waals surface area contributed by atoms with Gasteiger partial charge in [0, 0.05) is 56.5 Å². The molecule has 2 aromatic heterocycles. The lowest BCUT2D eigenvalue weighted by Gasteiger charge is -2.31. The fourth-order valence-electron chi connectivity index (χ4n) is 10.3. The summed E-state index contributed by atoms with van der Waals surface area (Å²) in [5, 5.41) is 2.28. The van der Waals surface area contributed by atoms with E-state index in [2.05, 4.69) is 185 Å². The largest absolute Gasteiger partial charge is 0.456 e. The molecule has 5 aliphatic rings. The average molecular weight is 767 g/mol. The van der Waals surface area contributed by atoms with Crippen LogP contribution in [0.5, 0.6) is 0 Å². The van der Waals surface area contributed by atoms with Crippen LogP contribution >= 0.6 is 11.8 Å². The van der Waals surface area contributed by atoms with E-state index in [0.717, 1.165) is 65.4 Å². The fourth-order valence-corrected chi connectivity index (χ4v) is 11.6.